The van der Waals surface area contributed by atoms with Crippen LogP contribution in [0.3, 0.4) is 0 Å². The van der Waals surface area contributed by atoms with Gasteiger partial charge in [0.05, 0.1) is 0 Å². The van der Waals surface area contributed by atoms with Crippen molar-refractivity contribution in [3.63, 3.8) is 0 Å². The van der Waals surface area contributed by atoms with Crippen LogP contribution in [0.25, 0.3) is 0 Å². The maximum Gasteiger partial charge on any atom is 0.250 e. The molecule has 0 aliphatic heterocycles. The molecule has 0 spiro atoms. The Kier molecular flexibility index (Phi) is 5.74. The molecule has 1 unspecified atom stereocenters. The van der Waals surface area contributed by atoms with Crippen LogP contribution in [0.5, 0.6) is 5.75 Å². The summed E-state index contributed by atoms with van der Waals surface area (Å²) in [4.78, 5) is 0. The fourth-order valence-corrected chi connectivity index (χ4v) is 7.02. The van der Waals surface area contributed by atoms with Crippen molar-refractivity contribution in [3.05, 3.63) is 29.8 Å². The van der Waals surface area contributed by atoms with Gasteiger partial charge in [0.15, 0.2) is 0 Å². The van der Waals surface area contributed by atoms with Crippen LogP contribution in [0, 0.1) is 17.8 Å². The third kappa shape index (κ3) is 4.25. The zero-order chi connectivity index (χ0) is 17.2. The molecule has 134 valence electrons. The molecule has 1 aromatic rings. The summed E-state index contributed by atoms with van der Waals surface area (Å²) in [5.41, 5.74) is 1.49. The lowest BCUT2D eigenvalue weighted by molar-refractivity contribution is 0.353. The molecular formula is C22H36OSi. The van der Waals surface area contributed by atoms with E-state index in [0.29, 0.717) is 5.92 Å². The van der Waals surface area contributed by atoms with Crippen molar-refractivity contribution in [2.45, 2.75) is 83.8 Å². The van der Waals surface area contributed by atoms with E-state index in [0.717, 1.165) is 23.5 Å². The van der Waals surface area contributed by atoms with Gasteiger partial charge in [-0.05, 0) is 91.6 Å². The van der Waals surface area contributed by atoms with E-state index in [1.54, 1.807) is 0 Å². The molecule has 0 heterocycles. The molecule has 2 fully saturated rings. The topological polar surface area (TPSA) is 9.23 Å². The van der Waals surface area contributed by atoms with Crippen LogP contribution in [0.15, 0.2) is 24.3 Å². The van der Waals surface area contributed by atoms with Gasteiger partial charge >= 0.3 is 0 Å². The van der Waals surface area contributed by atoms with E-state index in [2.05, 4.69) is 52.0 Å². The first-order chi connectivity index (χ1) is 11.6. The van der Waals surface area contributed by atoms with Crippen molar-refractivity contribution < 1.29 is 4.43 Å². The summed E-state index contributed by atoms with van der Waals surface area (Å²) in [6, 6.07) is 12.7. The van der Waals surface area contributed by atoms with Crippen LogP contribution in [0.4, 0.5) is 0 Å². The molecule has 0 aromatic heterocycles. The Morgan fingerprint density at radius 2 is 1.58 bits per heavy atom. The third-order valence-electron chi connectivity index (χ3n) is 6.78. The van der Waals surface area contributed by atoms with E-state index in [9.17, 15) is 0 Å². The summed E-state index contributed by atoms with van der Waals surface area (Å²) in [6.07, 6.45) is 7.36. The van der Waals surface area contributed by atoms with Gasteiger partial charge in [-0.1, -0.05) is 39.8 Å². The molecule has 1 atom stereocenters. The number of hydrogen-bond donors (Lipinski definition) is 0. The van der Waals surface area contributed by atoms with Crippen molar-refractivity contribution >= 4 is 8.32 Å². The predicted octanol–water partition coefficient (Wildman–Crippen LogP) is 7.00. The molecule has 3 rings (SSSR count). The van der Waals surface area contributed by atoms with Crippen LogP contribution < -0.4 is 4.43 Å². The predicted molar refractivity (Wildman–Crippen MR) is 106 cm³/mol. The van der Waals surface area contributed by atoms with E-state index < -0.39 is 8.32 Å². The van der Waals surface area contributed by atoms with Crippen molar-refractivity contribution in [1.82, 2.24) is 0 Å². The highest BCUT2D eigenvalue weighted by atomic mass is 28.4. The third-order valence-corrected chi connectivity index (χ3v) is 11.3. The molecule has 0 N–H and O–H groups in total. The second kappa shape index (κ2) is 7.64. The van der Waals surface area contributed by atoms with E-state index in [1.165, 1.54) is 55.8 Å². The van der Waals surface area contributed by atoms with E-state index in [1.807, 2.05) is 0 Å². The summed E-state index contributed by atoms with van der Waals surface area (Å²) in [5, 5.41) is 0. The minimum Gasteiger partial charge on any atom is -0.543 e. The lowest BCUT2D eigenvalue weighted by atomic mass is 9.84. The maximum absolute atomic E-state index is 6.60. The molecule has 24 heavy (non-hydrogen) atoms. The molecule has 1 nitrogen and oxygen atoms in total. The second-order valence-corrected chi connectivity index (χ2v) is 13.1. The number of benzene rings is 1. The SMILES string of the molecule is CC[Si](CC)(CC)Oc1cccc(C(C)CC(C2CC2)C2CC2)c1. The quantitative estimate of drug-likeness (QED) is 0.415. The Morgan fingerprint density at radius 3 is 2.08 bits per heavy atom. The van der Waals surface area contributed by atoms with E-state index in [4.69, 9.17) is 4.43 Å². The molecular weight excluding hydrogens is 308 g/mol. The standard InChI is InChI=1S/C22H36OSi/c1-5-24(6-2,7-3)23-21-10-8-9-20(16-21)17(4)15-22(18-11-12-18)19-13-14-19/h8-10,16-19,22H,5-7,11-15H2,1-4H3. The Labute approximate surface area is 150 Å². The summed E-state index contributed by atoms with van der Waals surface area (Å²) in [7, 11) is -1.56. The molecule has 0 amide bonds. The molecule has 1 aromatic carbocycles. The second-order valence-electron chi connectivity index (χ2n) is 8.39. The van der Waals surface area contributed by atoms with Gasteiger partial charge in [-0.25, -0.2) is 0 Å². The highest BCUT2D eigenvalue weighted by Gasteiger charge is 2.41. The molecule has 2 heteroatoms. The largest absolute Gasteiger partial charge is 0.543 e. The van der Waals surface area contributed by atoms with Gasteiger partial charge in [0.2, 0.25) is 8.32 Å². The normalized spacial score (nSPS) is 19.5. The van der Waals surface area contributed by atoms with E-state index in [-0.39, 0.29) is 0 Å². The summed E-state index contributed by atoms with van der Waals surface area (Å²) < 4.78 is 6.60. The Bertz CT molecular complexity index is 508. The van der Waals surface area contributed by atoms with E-state index >= 15 is 0 Å². The number of hydrogen-bond acceptors (Lipinski definition) is 1. The zero-order valence-electron chi connectivity index (χ0n) is 16.2. The van der Waals surface area contributed by atoms with Crippen molar-refractivity contribution in [3.8, 4) is 5.75 Å². The van der Waals surface area contributed by atoms with Crippen LogP contribution in [-0.4, -0.2) is 8.32 Å². The van der Waals surface area contributed by atoms with Crippen molar-refractivity contribution in [2.75, 3.05) is 0 Å². The zero-order valence-corrected chi connectivity index (χ0v) is 17.2. The highest BCUT2D eigenvalue weighted by Crippen LogP contribution is 2.52. The number of rotatable bonds is 10. The minimum absolute atomic E-state index is 0.667. The van der Waals surface area contributed by atoms with Crippen LogP contribution in [0.1, 0.15) is 71.3 Å². The van der Waals surface area contributed by atoms with Gasteiger partial charge in [-0.3, -0.25) is 0 Å². The summed E-state index contributed by atoms with van der Waals surface area (Å²) >= 11 is 0. The van der Waals surface area contributed by atoms with Gasteiger partial charge < -0.3 is 4.43 Å². The Morgan fingerprint density at radius 1 is 1.00 bits per heavy atom. The van der Waals surface area contributed by atoms with Crippen molar-refractivity contribution in [1.29, 1.82) is 0 Å². The van der Waals surface area contributed by atoms with Gasteiger partial charge in [0.25, 0.3) is 0 Å². The summed E-state index contributed by atoms with van der Waals surface area (Å²) in [5.74, 6) is 4.91. The van der Waals surface area contributed by atoms with Gasteiger partial charge in [-0.15, -0.1) is 0 Å². The Hall–Kier alpha value is -0.763. The molecule has 2 aliphatic rings. The van der Waals surface area contributed by atoms with Crippen molar-refractivity contribution in [2.24, 2.45) is 17.8 Å². The first-order valence-corrected chi connectivity index (χ1v) is 12.9. The maximum atomic E-state index is 6.60. The van der Waals surface area contributed by atoms with Crippen LogP contribution in [-0.2, 0) is 0 Å². The van der Waals surface area contributed by atoms with Crippen LogP contribution >= 0.6 is 0 Å². The fourth-order valence-electron chi connectivity index (χ4n) is 4.46. The minimum atomic E-state index is -1.56. The molecule has 2 aliphatic carbocycles. The first-order valence-electron chi connectivity index (χ1n) is 10.4. The van der Waals surface area contributed by atoms with Gasteiger partial charge in [-0.2, -0.15) is 0 Å². The average Bonchev–Trinajstić information content (AvgIpc) is 3.50. The summed E-state index contributed by atoms with van der Waals surface area (Å²) in [6.45, 7) is 9.35. The lowest BCUT2D eigenvalue weighted by Crippen LogP contribution is -2.39. The first kappa shape index (κ1) is 18.0. The van der Waals surface area contributed by atoms with Gasteiger partial charge in [0, 0.05) is 0 Å². The molecule has 0 bridgehead atoms. The van der Waals surface area contributed by atoms with Gasteiger partial charge in [0.1, 0.15) is 5.75 Å². The lowest BCUT2D eigenvalue weighted by Gasteiger charge is -2.29. The highest BCUT2D eigenvalue weighted by molar-refractivity contribution is 6.74. The molecule has 2 saturated carbocycles. The molecule has 0 saturated heterocycles. The Balaban J connectivity index is 1.67. The monoisotopic (exact) mass is 344 g/mol. The smallest absolute Gasteiger partial charge is 0.250 e. The van der Waals surface area contributed by atoms with Crippen LogP contribution in [0.2, 0.25) is 18.1 Å². The average molecular weight is 345 g/mol. The molecule has 0 radical (unpaired) electrons. The fraction of sp³-hybridized carbons (Fsp3) is 0.727.